The summed E-state index contributed by atoms with van der Waals surface area (Å²) in [6.45, 7) is 10.0. The van der Waals surface area contributed by atoms with Gasteiger partial charge >= 0.3 is 0 Å². The quantitative estimate of drug-likeness (QED) is 0.897. The highest BCUT2D eigenvalue weighted by Crippen LogP contribution is 2.17. The number of carbonyl (C=O) groups is 1. The summed E-state index contributed by atoms with van der Waals surface area (Å²) in [5.74, 6) is 0.358. The van der Waals surface area contributed by atoms with Crippen molar-refractivity contribution in [1.82, 2.24) is 9.80 Å². The summed E-state index contributed by atoms with van der Waals surface area (Å²) in [6.07, 6.45) is 0.365. The third-order valence-electron chi connectivity index (χ3n) is 3.85. The molecule has 0 spiro atoms. The number of aromatic hydroxyl groups is 1. The van der Waals surface area contributed by atoms with Crippen molar-refractivity contribution in [2.75, 3.05) is 26.2 Å². The predicted molar refractivity (Wildman–Crippen MR) is 79.7 cm³/mol. The van der Waals surface area contributed by atoms with Gasteiger partial charge in [0, 0.05) is 31.7 Å². The zero-order chi connectivity index (χ0) is 14.8. The first-order valence-corrected chi connectivity index (χ1v) is 7.17. The lowest BCUT2D eigenvalue weighted by atomic mass is 10.0. The molecule has 0 saturated carbocycles. The van der Waals surface area contributed by atoms with Crippen LogP contribution < -0.4 is 0 Å². The minimum atomic E-state index is 0.143. The molecule has 110 valence electrons. The first-order chi connectivity index (χ1) is 9.36. The summed E-state index contributed by atoms with van der Waals surface area (Å²) in [7, 11) is 0. The van der Waals surface area contributed by atoms with Gasteiger partial charge in [0.2, 0.25) is 5.91 Å². The minimum Gasteiger partial charge on any atom is -0.508 e. The molecule has 1 aliphatic heterocycles. The van der Waals surface area contributed by atoms with Crippen LogP contribution in [0.25, 0.3) is 0 Å². The maximum Gasteiger partial charge on any atom is 0.227 e. The van der Waals surface area contributed by atoms with E-state index in [0.717, 1.165) is 31.7 Å². The van der Waals surface area contributed by atoms with Crippen LogP contribution in [0.2, 0.25) is 0 Å². The summed E-state index contributed by atoms with van der Waals surface area (Å²) in [6, 6.07) is 6.93. The second-order valence-corrected chi connectivity index (χ2v) is 6.39. The van der Waals surface area contributed by atoms with Gasteiger partial charge in [-0.3, -0.25) is 9.69 Å². The minimum absolute atomic E-state index is 0.143. The van der Waals surface area contributed by atoms with Gasteiger partial charge in [-0.15, -0.1) is 0 Å². The van der Waals surface area contributed by atoms with Crippen molar-refractivity contribution < 1.29 is 9.90 Å². The van der Waals surface area contributed by atoms with Crippen LogP contribution in [0.1, 0.15) is 26.3 Å². The van der Waals surface area contributed by atoms with Crippen molar-refractivity contribution in [3.8, 4) is 5.75 Å². The van der Waals surface area contributed by atoms with Gasteiger partial charge in [-0.1, -0.05) is 12.1 Å². The average molecular weight is 276 g/mol. The maximum absolute atomic E-state index is 12.3. The Morgan fingerprint density at radius 3 is 2.40 bits per heavy atom. The fourth-order valence-electron chi connectivity index (χ4n) is 2.58. The number of phenolic OH excluding ortho intramolecular Hbond substituents is 1. The Kier molecular flexibility index (Phi) is 4.33. The molecule has 20 heavy (non-hydrogen) atoms. The SMILES string of the molecule is CC(C)(C)N1CCN(C(=O)Cc2cccc(O)c2)CC1. The molecule has 1 fully saturated rings. The van der Waals surface area contributed by atoms with E-state index in [9.17, 15) is 9.90 Å². The molecule has 4 heteroatoms. The van der Waals surface area contributed by atoms with Crippen LogP contribution in [0, 0.1) is 0 Å². The number of benzene rings is 1. The third kappa shape index (κ3) is 3.73. The lowest BCUT2D eigenvalue weighted by molar-refractivity contribution is -0.133. The van der Waals surface area contributed by atoms with Crippen LogP contribution in [0.5, 0.6) is 5.75 Å². The largest absolute Gasteiger partial charge is 0.508 e. The molecule has 4 nitrogen and oxygen atoms in total. The number of hydrogen-bond acceptors (Lipinski definition) is 3. The first kappa shape index (κ1) is 14.9. The van der Waals surface area contributed by atoms with Crippen LogP contribution in [0.4, 0.5) is 0 Å². The van der Waals surface area contributed by atoms with E-state index in [2.05, 4.69) is 25.7 Å². The molecule has 0 radical (unpaired) electrons. The Bertz CT molecular complexity index is 472. The summed E-state index contributed by atoms with van der Waals surface area (Å²) in [5, 5.41) is 9.43. The van der Waals surface area contributed by atoms with Gasteiger partial charge in [-0.2, -0.15) is 0 Å². The van der Waals surface area contributed by atoms with Crippen molar-refractivity contribution >= 4 is 5.91 Å². The molecule has 1 heterocycles. The highest BCUT2D eigenvalue weighted by molar-refractivity contribution is 5.79. The van der Waals surface area contributed by atoms with Gasteiger partial charge < -0.3 is 10.0 Å². The average Bonchev–Trinajstić information content (AvgIpc) is 2.38. The molecule has 1 aromatic rings. The lowest BCUT2D eigenvalue weighted by Crippen LogP contribution is -2.54. The first-order valence-electron chi connectivity index (χ1n) is 7.17. The fourth-order valence-corrected chi connectivity index (χ4v) is 2.58. The van der Waals surface area contributed by atoms with Crippen molar-refractivity contribution in [2.45, 2.75) is 32.7 Å². The molecule has 0 unspecified atom stereocenters. The molecule has 1 aromatic carbocycles. The number of nitrogens with zero attached hydrogens (tertiary/aromatic N) is 2. The summed E-state index contributed by atoms with van der Waals surface area (Å²) in [5.41, 5.74) is 1.04. The van der Waals surface area contributed by atoms with Crippen molar-refractivity contribution in [3.05, 3.63) is 29.8 Å². The van der Waals surface area contributed by atoms with Gasteiger partial charge in [0.1, 0.15) is 5.75 Å². The van der Waals surface area contributed by atoms with Crippen molar-refractivity contribution in [3.63, 3.8) is 0 Å². The Labute approximate surface area is 121 Å². The van der Waals surface area contributed by atoms with E-state index in [1.54, 1.807) is 18.2 Å². The third-order valence-corrected chi connectivity index (χ3v) is 3.85. The molecule has 1 amide bonds. The monoisotopic (exact) mass is 276 g/mol. The van der Waals surface area contributed by atoms with Gasteiger partial charge in [0.25, 0.3) is 0 Å². The van der Waals surface area contributed by atoms with E-state index in [-0.39, 0.29) is 17.2 Å². The van der Waals surface area contributed by atoms with Gasteiger partial charge in [-0.25, -0.2) is 0 Å². The molecular formula is C16H24N2O2. The van der Waals surface area contributed by atoms with Crippen LogP contribution in [-0.2, 0) is 11.2 Å². The Morgan fingerprint density at radius 1 is 1.20 bits per heavy atom. The molecule has 0 bridgehead atoms. The Hall–Kier alpha value is -1.55. The smallest absolute Gasteiger partial charge is 0.227 e. The zero-order valence-electron chi connectivity index (χ0n) is 12.6. The van der Waals surface area contributed by atoms with Crippen LogP contribution in [0.15, 0.2) is 24.3 Å². The topological polar surface area (TPSA) is 43.8 Å². The molecular weight excluding hydrogens is 252 g/mol. The summed E-state index contributed by atoms with van der Waals surface area (Å²) in [4.78, 5) is 16.6. The molecule has 2 rings (SSSR count). The molecule has 0 atom stereocenters. The fraction of sp³-hybridized carbons (Fsp3) is 0.562. The number of amides is 1. The van der Waals surface area contributed by atoms with E-state index in [1.165, 1.54) is 0 Å². The lowest BCUT2D eigenvalue weighted by Gasteiger charge is -2.42. The second-order valence-electron chi connectivity index (χ2n) is 6.39. The van der Waals surface area contributed by atoms with E-state index >= 15 is 0 Å². The standard InChI is InChI=1S/C16H24N2O2/c1-16(2,3)18-9-7-17(8-10-18)15(20)12-13-5-4-6-14(19)11-13/h4-6,11,19H,7-10,12H2,1-3H3. The molecule has 1 N–H and O–H groups in total. The highest BCUT2D eigenvalue weighted by Gasteiger charge is 2.27. The maximum atomic E-state index is 12.3. The number of piperazine rings is 1. The van der Waals surface area contributed by atoms with Gasteiger partial charge in [0.15, 0.2) is 0 Å². The van der Waals surface area contributed by atoms with Crippen LogP contribution >= 0.6 is 0 Å². The molecule has 1 aliphatic rings. The van der Waals surface area contributed by atoms with E-state index < -0.39 is 0 Å². The number of phenols is 1. The number of carbonyl (C=O) groups excluding carboxylic acids is 1. The van der Waals surface area contributed by atoms with Crippen molar-refractivity contribution in [2.24, 2.45) is 0 Å². The molecule has 1 saturated heterocycles. The van der Waals surface area contributed by atoms with E-state index in [4.69, 9.17) is 0 Å². The van der Waals surface area contributed by atoms with Gasteiger partial charge in [-0.05, 0) is 38.5 Å². The normalized spacial score (nSPS) is 17.2. The molecule has 0 aliphatic carbocycles. The van der Waals surface area contributed by atoms with E-state index in [1.807, 2.05) is 11.0 Å². The highest BCUT2D eigenvalue weighted by atomic mass is 16.3. The van der Waals surface area contributed by atoms with Crippen LogP contribution in [0.3, 0.4) is 0 Å². The molecule has 0 aromatic heterocycles. The Morgan fingerprint density at radius 2 is 1.85 bits per heavy atom. The Balaban J connectivity index is 1.89. The second kappa shape index (κ2) is 5.83. The van der Waals surface area contributed by atoms with Crippen molar-refractivity contribution in [1.29, 1.82) is 0 Å². The summed E-state index contributed by atoms with van der Waals surface area (Å²) < 4.78 is 0. The summed E-state index contributed by atoms with van der Waals surface area (Å²) >= 11 is 0. The number of hydrogen-bond donors (Lipinski definition) is 1. The van der Waals surface area contributed by atoms with E-state index in [0.29, 0.717) is 6.42 Å². The van der Waals surface area contributed by atoms with Crippen LogP contribution in [-0.4, -0.2) is 52.5 Å². The zero-order valence-corrected chi connectivity index (χ0v) is 12.6. The van der Waals surface area contributed by atoms with Gasteiger partial charge in [0.05, 0.1) is 6.42 Å². The predicted octanol–water partition coefficient (Wildman–Crippen LogP) is 1.88. The number of rotatable bonds is 2.